The van der Waals surface area contributed by atoms with Crippen molar-refractivity contribution >= 4 is 27.3 Å². The minimum absolute atomic E-state index is 0.390. The lowest BCUT2D eigenvalue weighted by molar-refractivity contribution is 0.151. The van der Waals surface area contributed by atoms with Crippen LogP contribution in [0.15, 0.2) is 26.7 Å². The summed E-state index contributed by atoms with van der Waals surface area (Å²) in [5, 5.41) is 5.10. The first-order valence-corrected chi connectivity index (χ1v) is 10.7. The summed E-state index contributed by atoms with van der Waals surface area (Å²) in [7, 11) is 0.0412. The molecule has 0 radical (unpaired) electrons. The van der Waals surface area contributed by atoms with Gasteiger partial charge in [0.25, 0.3) is 10.0 Å². The van der Waals surface area contributed by atoms with E-state index in [-0.39, 0.29) is 0 Å². The Morgan fingerprint density at radius 2 is 2.25 bits per heavy atom. The average Bonchev–Trinajstić information content (AvgIpc) is 3.20. The molecule has 134 valence electrons. The van der Waals surface area contributed by atoms with E-state index in [1.54, 1.807) is 31.6 Å². The number of aliphatic imine (C=N–C) groups is 1. The molecule has 1 spiro atoms. The Bertz CT molecular complexity index is 681. The monoisotopic (exact) mass is 370 g/mol. The minimum Gasteiger partial charge on any atom is -0.355 e. The Kier molecular flexibility index (Phi) is 5.17. The van der Waals surface area contributed by atoms with Gasteiger partial charge in [-0.3, -0.25) is 4.99 Å². The van der Waals surface area contributed by atoms with Gasteiger partial charge in [-0.2, -0.15) is 4.31 Å². The van der Waals surface area contributed by atoms with Crippen molar-refractivity contribution in [3.63, 3.8) is 0 Å². The van der Waals surface area contributed by atoms with Gasteiger partial charge in [-0.05, 0) is 36.1 Å². The molecule has 0 atom stereocenters. The number of thiophene rings is 1. The molecule has 0 aromatic carbocycles. The van der Waals surface area contributed by atoms with Gasteiger partial charge in [-0.1, -0.05) is 12.5 Å². The number of likely N-dealkylation sites (tertiary alicyclic amines) is 1. The second kappa shape index (κ2) is 7.01. The van der Waals surface area contributed by atoms with Crippen LogP contribution in [0.3, 0.4) is 0 Å². The minimum atomic E-state index is -3.37. The van der Waals surface area contributed by atoms with Gasteiger partial charge in [0.15, 0.2) is 5.96 Å². The first-order valence-electron chi connectivity index (χ1n) is 8.42. The molecule has 3 rings (SSSR count). The van der Waals surface area contributed by atoms with Gasteiger partial charge in [-0.25, -0.2) is 8.42 Å². The van der Waals surface area contributed by atoms with Crippen molar-refractivity contribution in [3.05, 3.63) is 17.5 Å². The lowest BCUT2D eigenvalue weighted by Gasteiger charge is -2.38. The van der Waals surface area contributed by atoms with Crippen molar-refractivity contribution in [2.75, 3.05) is 40.3 Å². The van der Waals surface area contributed by atoms with Crippen molar-refractivity contribution < 1.29 is 8.42 Å². The SMILES string of the molecule is CN=C(NCCN(C)S(=O)(=O)c1cccs1)N1CCC2(CCC2)C1. The molecule has 2 aliphatic rings. The first-order chi connectivity index (χ1) is 11.5. The molecule has 0 amide bonds. The zero-order chi connectivity index (χ0) is 17.2. The molecule has 2 heterocycles. The second-order valence-electron chi connectivity index (χ2n) is 6.76. The van der Waals surface area contributed by atoms with Crippen molar-refractivity contribution in [2.24, 2.45) is 10.4 Å². The number of sulfonamides is 1. The van der Waals surface area contributed by atoms with Crippen molar-refractivity contribution in [2.45, 2.75) is 29.9 Å². The topological polar surface area (TPSA) is 65.0 Å². The van der Waals surface area contributed by atoms with Crippen LogP contribution < -0.4 is 5.32 Å². The van der Waals surface area contributed by atoms with Gasteiger partial charge in [0.2, 0.25) is 0 Å². The summed E-state index contributed by atoms with van der Waals surface area (Å²) in [6.45, 7) is 3.09. The van der Waals surface area contributed by atoms with Crippen LogP contribution in [0.4, 0.5) is 0 Å². The van der Waals surface area contributed by atoms with E-state index in [0.717, 1.165) is 19.0 Å². The largest absolute Gasteiger partial charge is 0.355 e. The van der Waals surface area contributed by atoms with E-state index >= 15 is 0 Å². The van der Waals surface area contributed by atoms with Gasteiger partial charge in [0.05, 0.1) is 0 Å². The van der Waals surface area contributed by atoms with Gasteiger partial charge in [0, 0.05) is 40.3 Å². The number of nitrogens with one attached hydrogen (secondary N) is 1. The predicted octanol–water partition coefficient (Wildman–Crippen LogP) is 1.82. The van der Waals surface area contributed by atoms with Gasteiger partial charge >= 0.3 is 0 Å². The Morgan fingerprint density at radius 1 is 1.46 bits per heavy atom. The highest BCUT2D eigenvalue weighted by Gasteiger charge is 2.43. The summed E-state index contributed by atoms with van der Waals surface area (Å²) in [5.74, 6) is 0.890. The summed E-state index contributed by atoms with van der Waals surface area (Å²) in [6, 6.07) is 3.40. The molecule has 8 heteroatoms. The zero-order valence-electron chi connectivity index (χ0n) is 14.4. The third kappa shape index (κ3) is 3.45. The lowest BCUT2D eigenvalue weighted by atomic mass is 9.68. The quantitative estimate of drug-likeness (QED) is 0.634. The Labute approximate surface area is 148 Å². The molecule has 1 aromatic heterocycles. The molecule has 24 heavy (non-hydrogen) atoms. The van der Waals surface area contributed by atoms with Crippen LogP contribution in [0.1, 0.15) is 25.7 Å². The number of hydrogen-bond acceptors (Lipinski definition) is 4. The molecule has 1 aliphatic carbocycles. The molecule has 1 N–H and O–H groups in total. The van der Waals surface area contributed by atoms with Crippen molar-refractivity contribution in [1.82, 2.24) is 14.5 Å². The van der Waals surface area contributed by atoms with E-state index in [1.165, 1.54) is 41.3 Å². The van der Waals surface area contributed by atoms with Crippen molar-refractivity contribution in [1.29, 1.82) is 0 Å². The van der Waals surface area contributed by atoms with Gasteiger partial charge < -0.3 is 10.2 Å². The highest BCUT2D eigenvalue weighted by atomic mass is 32.2. The molecule has 6 nitrogen and oxygen atoms in total. The van der Waals surface area contributed by atoms with Crippen LogP contribution in [0.5, 0.6) is 0 Å². The molecule has 1 saturated carbocycles. The van der Waals surface area contributed by atoms with E-state index in [9.17, 15) is 8.42 Å². The van der Waals surface area contributed by atoms with E-state index in [1.807, 2.05) is 0 Å². The van der Waals surface area contributed by atoms with Crippen LogP contribution >= 0.6 is 11.3 Å². The molecule has 2 fully saturated rings. The number of rotatable bonds is 5. The van der Waals surface area contributed by atoms with Crippen LogP contribution in [-0.2, 0) is 10.0 Å². The number of guanidine groups is 1. The molecular weight excluding hydrogens is 344 g/mol. The first kappa shape index (κ1) is 17.7. The predicted molar refractivity (Wildman–Crippen MR) is 98.0 cm³/mol. The third-order valence-corrected chi connectivity index (χ3v) is 8.46. The maximum atomic E-state index is 12.4. The fourth-order valence-electron chi connectivity index (χ4n) is 3.54. The molecule has 1 saturated heterocycles. The lowest BCUT2D eigenvalue weighted by Crippen LogP contribution is -2.45. The Hall–Kier alpha value is -1.12. The Morgan fingerprint density at radius 3 is 2.79 bits per heavy atom. The fraction of sp³-hybridized carbons (Fsp3) is 0.688. The third-order valence-electron chi connectivity index (χ3n) is 5.23. The van der Waals surface area contributed by atoms with Crippen LogP contribution in [0.2, 0.25) is 0 Å². The Balaban J connectivity index is 1.50. The maximum Gasteiger partial charge on any atom is 0.252 e. The summed E-state index contributed by atoms with van der Waals surface area (Å²) >= 11 is 1.25. The molecule has 0 bridgehead atoms. The fourth-order valence-corrected chi connectivity index (χ4v) is 5.91. The van der Waals surface area contributed by atoms with Gasteiger partial charge in [0.1, 0.15) is 4.21 Å². The van der Waals surface area contributed by atoms with Crippen LogP contribution in [0.25, 0.3) is 0 Å². The van der Waals surface area contributed by atoms with Crippen LogP contribution in [-0.4, -0.2) is 63.9 Å². The summed E-state index contributed by atoms with van der Waals surface area (Å²) in [5.41, 5.74) is 0.525. The summed E-state index contributed by atoms with van der Waals surface area (Å²) in [4.78, 5) is 6.68. The smallest absolute Gasteiger partial charge is 0.252 e. The molecular formula is C16H26N4O2S2. The molecule has 1 aromatic rings. The molecule has 1 aliphatic heterocycles. The van der Waals surface area contributed by atoms with E-state index in [2.05, 4.69) is 15.2 Å². The van der Waals surface area contributed by atoms with Crippen molar-refractivity contribution in [3.8, 4) is 0 Å². The average molecular weight is 371 g/mol. The summed E-state index contributed by atoms with van der Waals surface area (Å²) < 4.78 is 26.6. The van der Waals surface area contributed by atoms with Crippen LogP contribution in [0, 0.1) is 5.41 Å². The summed E-state index contributed by atoms with van der Waals surface area (Å²) in [6.07, 6.45) is 5.27. The molecule has 0 unspecified atom stereocenters. The highest BCUT2D eigenvalue weighted by Crippen LogP contribution is 2.47. The highest BCUT2D eigenvalue weighted by molar-refractivity contribution is 7.91. The maximum absolute atomic E-state index is 12.4. The number of likely N-dealkylation sites (N-methyl/N-ethyl adjacent to an activating group) is 1. The van der Waals surface area contributed by atoms with Gasteiger partial charge in [-0.15, -0.1) is 11.3 Å². The van der Waals surface area contributed by atoms with E-state index in [4.69, 9.17) is 0 Å². The standard InChI is InChI=1S/C16H26N4O2S2/c1-17-15(20-10-8-16(13-20)6-4-7-16)18-9-11-19(2)24(21,22)14-5-3-12-23-14/h3,5,12H,4,6-11,13H2,1-2H3,(H,17,18). The normalized spacial score (nSPS) is 20.6. The van der Waals surface area contributed by atoms with E-state index < -0.39 is 10.0 Å². The zero-order valence-corrected chi connectivity index (χ0v) is 16.0. The number of nitrogens with zero attached hydrogens (tertiary/aromatic N) is 3. The van der Waals surface area contributed by atoms with E-state index in [0.29, 0.717) is 22.7 Å². The second-order valence-corrected chi connectivity index (χ2v) is 9.98. The number of hydrogen-bond donors (Lipinski definition) is 1.